The average Bonchev–Trinajstić information content (AvgIpc) is 2.54. The van der Waals surface area contributed by atoms with E-state index in [4.69, 9.17) is 11.6 Å². The molecule has 0 spiro atoms. The molecule has 0 unspecified atom stereocenters. The summed E-state index contributed by atoms with van der Waals surface area (Å²) in [6.07, 6.45) is 0.564. The Hall–Kier alpha value is -1.80. The molecule has 0 aliphatic carbocycles. The third kappa shape index (κ3) is 3.11. The Balaban J connectivity index is 2.63. The maximum absolute atomic E-state index is 12.9. The summed E-state index contributed by atoms with van der Waals surface area (Å²) in [5.41, 5.74) is 1.21. The first-order chi connectivity index (χ1) is 10.3. The van der Waals surface area contributed by atoms with Crippen LogP contribution in [0.2, 0.25) is 0 Å². The minimum absolute atomic E-state index is 0.00282. The molecular weight excluding hydrogens is 282 g/mol. The Kier molecular flexibility index (Phi) is 5.40. The molecule has 2 aromatic rings. The second kappa shape index (κ2) is 7.28. The van der Waals surface area contributed by atoms with Gasteiger partial charge in [-0.15, -0.1) is 11.6 Å². The van der Waals surface area contributed by atoms with Crippen molar-refractivity contribution in [2.45, 2.75) is 18.8 Å². The Morgan fingerprint density at radius 1 is 1.00 bits per heavy atom. The molecule has 0 saturated heterocycles. The van der Waals surface area contributed by atoms with Crippen LogP contribution in [0.1, 0.15) is 24.5 Å². The molecule has 0 heterocycles. The predicted molar refractivity (Wildman–Crippen MR) is 87.7 cm³/mol. The van der Waals surface area contributed by atoms with Gasteiger partial charge in [-0.05, 0) is 24.5 Å². The number of halogens is 1. The summed E-state index contributed by atoms with van der Waals surface area (Å²) in [4.78, 5) is 12.9. The van der Waals surface area contributed by atoms with Crippen LogP contribution in [-0.2, 0) is 10.2 Å². The summed E-state index contributed by atoms with van der Waals surface area (Å²) in [5, 5.41) is 2.97. The van der Waals surface area contributed by atoms with Crippen molar-refractivity contribution in [3.63, 3.8) is 0 Å². The number of amides is 1. The second-order valence-corrected chi connectivity index (χ2v) is 5.31. The van der Waals surface area contributed by atoms with Crippen LogP contribution in [0.5, 0.6) is 0 Å². The number of hydrogen-bond donors (Lipinski definition) is 1. The van der Waals surface area contributed by atoms with Crippen LogP contribution in [0.15, 0.2) is 60.7 Å². The Morgan fingerprint density at radius 2 is 1.48 bits per heavy atom. The molecule has 0 fully saturated rings. The maximum atomic E-state index is 12.9. The van der Waals surface area contributed by atoms with E-state index in [1.165, 1.54) is 0 Å². The SMILES string of the molecule is CCNC(=O)C(CCCl)(c1ccccc1)c1ccccc1. The van der Waals surface area contributed by atoms with Crippen molar-refractivity contribution in [2.75, 3.05) is 12.4 Å². The highest BCUT2D eigenvalue weighted by Gasteiger charge is 2.40. The summed E-state index contributed by atoms with van der Waals surface area (Å²) in [6, 6.07) is 19.7. The number of benzene rings is 2. The Morgan fingerprint density at radius 3 is 1.86 bits per heavy atom. The zero-order valence-electron chi connectivity index (χ0n) is 12.2. The molecular formula is C18H20ClNO. The van der Waals surface area contributed by atoms with Gasteiger partial charge in [0.1, 0.15) is 5.41 Å². The van der Waals surface area contributed by atoms with Gasteiger partial charge in [-0.25, -0.2) is 0 Å². The third-order valence-corrected chi connectivity index (χ3v) is 3.92. The summed E-state index contributed by atoms with van der Waals surface area (Å²) in [6.45, 7) is 2.53. The highest BCUT2D eigenvalue weighted by atomic mass is 35.5. The van der Waals surface area contributed by atoms with Gasteiger partial charge in [0.25, 0.3) is 0 Å². The van der Waals surface area contributed by atoms with Gasteiger partial charge in [0.05, 0.1) is 0 Å². The van der Waals surface area contributed by atoms with Crippen molar-refractivity contribution in [1.29, 1.82) is 0 Å². The molecule has 0 bridgehead atoms. The molecule has 1 amide bonds. The molecule has 0 aliphatic rings. The number of alkyl halides is 1. The molecule has 0 atom stereocenters. The molecule has 21 heavy (non-hydrogen) atoms. The molecule has 2 aromatic carbocycles. The van der Waals surface area contributed by atoms with E-state index in [9.17, 15) is 4.79 Å². The van der Waals surface area contributed by atoms with E-state index in [0.29, 0.717) is 18.8 Å². The minimum atomic E-state index is -0.736. The molecule has 0 radical (unpaired) electrons. The lowest BCUT2D eigenvalue weighted by Crippen LogP contribution is -2.45. The predicted octanol–water partition coefficient (Wildman–Crippen LogP) is 3.74. The lowest BCUT2D eigenvalue weighted by Gasteiger charge is -2.33. The van der Waals surface area contributed by atoms with Crippen LogP contribution in [0, 0.1) is 0 Å². The number of hydrogen-bond acceptors (Lipinski definition) is 1. The van der Waals surface area contributed by atoms with Crippen LogP contribution in [0.3, 0.4) is 0 Å². The molecule has 0 aromatic heterocycles. The first kappa shape index (κ1) is 15.6. The summed E-state index contributed by atoms with van der Waals surface area (Å²) in [7, 11) is 0. The van der Waals surface area contributed by atoms with Crippen LogP contribution >= 0.6 is 11.6 Å². The number of nitrogens with one attached hydrogen (secondary N) is 1. The van der Waals surface area contributed by atoms with E-state index in [-0.39, 0.29) is 5.91 Å². The standard InChI is InChI=1S/C18H20ClNO/c1-2-20-17(21)18(13-14-19,15-9-5-3-6-10-15)16-11-7-4-8-12-16/h3-12H,2,13-14H2,1H3,(H,20,21). The van der Waals surface area contributed by atoms with Gasteiger partial charge in [0, 0.05) is 12.4 Å². The number of likely N-dealkylation sites (N-methyl/N-ethyl adjacent to an activating group) is 1. The summed E-state index contributed by atoms with van der Waals surface area (Å²) >= 11 is 6.05. The van der Waals surface area contributed by atoms with Crippen molar-refractivity contribution in [2.24, 2.45) is 0 Å². The number of rotatable bonds is 6. The number of carbonyl (C=O) groups is 1. The smallest absolute Gasteiger partial charge is 0.235 e. The highest BCUT2D eigenvalue weighted by molar-refractivity contribution is 6.18. The van der Waals surface area contributed by atoms with Crippen LogP contribution < -0.4 is 5.32 Å². The van der Waals surface area contributed by atoms with E-state index in [2.05, 4.69) is 5.32 Å². The average molecular weight is 302 g/mol. The van der Waals surface area contributed by atoms with Gasteiger partial charge in [-0.3, -0.25) is 4.79 Å². The Bertz CT molecular complexity index is 529. The van der Waals surface area contributed by atoms with Crippen molar-refractivity contribution in [3.8, 4) is 0 Å². The van der Waals surface area contributed by atoms with E-state index in [0.717, 1.165) is 11.1 Å². The lowest BCUT2D eigenvalue weighted by atomic mass is 9.71. The molecule has 1 N–H and O–H groups in total. The lowest BCUT2D eigenvalue weighted by molar-refractivity contribution is -0.125. The van der Waals surface area contributed by atoms with Crippen LogP contribution in [-0.4, -0.2) is 18.3 Å². The van der Waals surface area contributed by atoms with Crippen LogP contribution in [0.25, 0.3) is 0 Å². The first-order valence-corrected chi connectivity index (χ1v) is 7.74. The van der Waals surface area contributed by atoms with E-state index >= 15 is 0 Å². The largest absolute Gasteiger partial charge is 0.355 e. The fourth-order valence-electron chi connectivity index (χ4n) is 2.73. The van der Waals surface area contributed by atoms with Gasteiger partial charge >= 0.3 is 0 Å². The first-order valence-electron chi connectivity index (χ1n) is 7.21. The monoisotopic (exact) mass is 301 g/mol. The van der Waals surface area contributed by atoms with Crippen LogP contribution in [0.4, 0.5) is 0 Å². The quantitative estimate of drug-likeness (QED) is 0.809. The van der Waals surface area contributed by atoms with E-state index in [1.807, 2.05) is 67.6 Å². The van der Waals surface area contributed by atoms with Crippen molar-refractivity contribution >= 4 is 17.5 Å². The van der Waals surface area contributed by atoms with Gasteiger partial charge in [0.15, 0.2) is 0 Å². The fraction of sp³-hybridized carbons (Fsp3) is 0.278. The highest BCUT2D eigenvalue weighted by Crippen LogP contribution is 2.36. The third-order valence-electron chi connectivity index (χ3n) is 3.73. The van der Waals surface area contributed by atoms with Crippen molar-refractivity contribution in [3.05, 3.63) is 71.8 Å². The fourth-order valence-corrected chi connectivity index (χ4v) is 3.01. The van der Waals surface area contributed by atoms with Crippen molar-refractivity contribution in [1.82, 2.24) is 5.32 Å². The van der Waals surface area contributed by atoms with Gasteiger partial charge < -0.3 is 5.32 Å². The van der Waals surface area contributed by atoms with Gasteiger partial charge in [-0.1, -0.05) is 60.7 Å². The summed E-state index contributed by atoms with van der Waals surface area (Å²) in [5.74, 6) is 0.420. The molecule has 2 rings (SSSR count). The van der Waals surface area contributed by atoms with Crippen molar-refractivity contribution < 1.29 is 4.79 Å². The van der Waals surface area contributed by atoms with Gasteiger partial charge in [0.2, 0.25) is 5.91 Å². The second-order valence-electron chi connectivity index (χ2n) is 4.94. The molecule has 2 nitrogen and oxygen atoms in total. The maximum Gasteiger partial charge on any atom is 0.235 e. The van der Waals surface area contributed by atoms with E-state index < -0.39 is 5.41 Å². The summed E-state index contributed by atoms with van der Waals surface area (Å²) < 4.78 is 0. The number of carbonyl (C=O) groups excluding carboxylic acids is 1. The zero-order valence-corrected chi connectivity index (χ0v) is 12.9. The molecule has 110 valence electrons. The molecule has 0 aliphatic heterocycles. The molecule has 0 saturated carbocycles. The molecule has 3 heteroatoms. The van der Waals surface area contributed by atoms with Gasteiger partial charge in [-0.2, -0.15) is 0 Å². The van der Waals surface area contributed by atoms with E-state index in [1.54, 1.807) is 0 Å². The zero-order chi connectivity index (χ0) is 15.1. The topological polar surface area (TPSA) is 29.1 Å². The normalized spacial score (nSPS) is 11.1. The minimum Gasteiger partial charge on any atom is -0.355 e. The Labute approximate surface area is 131 Å².